The van der Waals surface area contributed by atoms with Crippen LogP contribution in [0.5, 0.6) is 0 Å². The number of carbonyl (C=O) groups excluding carboxylic acids is 1. The number of tetrazole rings is 1. The number of nitrogens with zero attached hydrogens (tertiary/aromatic N) is 5. The Bertz CT molecular complexity index is 747. The summed E-state index contributed by atoms with van der Waals surface area (Å²) < 4.78 is 2.07. The molecular weight excluding hydrogens is 340 g/mol. The predicted molar refractivity (Wildman–Crippen MR) is 102 cm³/mol. The van der Waals surface area contributed by atoms with Gasteiger partial charge in [-0.3, -0.25) is 9.69 Å². The van der Waals surface area contributed by atoms with Crippen molar-refractivity contribution in [3.05, 3.63) is 41.7 Å². The number of primary amides is 1. The van der Waals surface area contributed by atoms with Crippen molar-refractivity contribution in [2.45, 2.75) is 57.0 Å². The molecule has 2 heterocycles. The zero-order valence-electron chi connectivity index (χ0n) is 15.7. The van der Waals surface area contributed by atoms with Gasteiger partial charge in [-0.2, -0.15) is 0 Å². The Morgan fingerprint density at radius 3 is 2.41 bits per heavy atom. The van der Waals surface area contributed by atoms with Crippen LogP contribution < -0.4 is 5.73 Å². The first-order valence-electron chi connectivity index (χ1n) is 10.1. The molecule has 7 nitrogen and oxygen atoms in total. The first kappa shape index (κ1) is 18.1. The highest BCUT2D eigenvalue weighted by atomic mass is 16.1. The van der Waals surface area contributed by atoms with Gasteiger partial charge in [-0.25, -0.2) is 4.68 Å². The minimum absolute atomic E-state index is 0.0111. The zero-order valence-corrected chi connectivity index (χ0v) is 15.7. The number of carbonyl (C=O) groups is 1. The molecule has 0 unspecified atom stereocenters. The number of rotatable bonds is 5. The van der Waals surface area contributed by atoms with Crippen molar-refractivity contribution in [2.75, 3.05) is 13.1 Å². The molecule has 1 amide bonds. The molecule has 1 aliphatic carbocycles. The summed E-state index contributed by atoms with van der Waals surface area (Å²) in [5, 5.41) is 12.9. The highest BCUT2D eigenvalue weighted by molar-refractivity contribution is 5.76. The Kier molecular flexibility index (Phi) is 5.48. The predicted octanol–water partition coefficient (Wildman–Crippen LogP) is 2.46. The summed E-state index contributed by atoms with van der Waals surface area (Å²) in [6.07, 6.45) is 7.66. The van der Waals surface area contributed by atoms with Gasteiger partial charge in [0.2, 0.25) is 5.91 Å². The van der Waals surface area contributed by atoms with Crippen LogP contribution in [-0.4, -0.2) is 44.1 Å². The summed E-state index contributed by atoms with van der Waals surface area (Å²) in [4.78, 5) is 14.0. The van der Waals surface area contributed by atoms with E-state index in [0.29, 0.717) is 6.04 Å². The third-order valence-electron chi connectivity index (χ3n) is 6.10. The van der Waals surface area contributed by atoms with E-state index in [1.54, 1.807) is 0 Å². The van der Waals surface area contributed by atoms with Crippen molar-refractivity contribution >= 4 is 5.91 Å². The first-order valence-corrected chi connectivity index (χ1v) is 10.1. The fourth-order valence-electron chi connectivity index (χ4n) is 4.57. The summed E-state index contributed by atoms with van der Waals surface area (Å²) in [6, 6.07) is 10.8. The molecule has 4 rings (SSSR count). The third-order valence-corrected chi connectivity index (χ3v) is 6.10. The van der Waals surface area contributed by atoms with Crippen LogP contribution in [0, 0.1) is 5.92 Å². The lowest BCUT2D eigenvalue weighted by Gasteiger charge is -2.37. The van der Waals surface area contributed by atoms with E-state index in [1.165, 1.54) is 24.8 Å². The molecule has 1 aromatic carbocycles. The van der Waals surface area contributed by atoms with Crippen LogP contribution in [0.3, 0.4) is 0 Å². The quantitative estimate of drug-likeness (QED) is 0.875. The van der Waals surface area contributed by atoms with Gasteiger partial charge in [0.05, 0.1) is 12.1 Å². The zero-order chi connectivity index (χ0) is 18.6. The van der Waals surface area contributed by atoms with E-state index in [9.17, 15) is 4.79 Å². The number of amides is 1. The maximum Gasteiger partial charge on any atom is 0.220 e. The highest BCUT2D eigenvalue weighted by Crippen LogP contribution is 2.34. The molecule has 2 N–H and O–H groups in total. The number of hydrogen-bond donors (Lipinski definition) is 1. The number of aromatic nitrogens is 4. The molecule has 1 saturated carbocycles. The van der Waals surface area contributed by atoms with Crippen LogP contribution in [0.25, 0.3) is 0 Å². The lowest BCUT2D eigenvalue weighted by molar-refractivity contribution is -0.123. The summed E-state index contributed by atoms with van der Waals surface area (Å²) in [5.74, 6) is 0.718. The summed E-state index contributed by atoms with van der Waals surface area (Å²) in [6.45, 7) is 1.65. The van der Waals surface area contributed by atoms with Crippen molar-refractivity contribution in [3.8, 4) is 0 Å². The van der Waals surface area contributed by atoms with Gasteiger partial charge in [0, 0.05) is 5.92 Å². The average molecular weight is 368 g/mol. The monoisotopic (exact) mass is 368 g/mol. The number of hydrogen-bond acceptors (Lipinski definition) is 5. The first-order chi connectivity index (χ1) is 13.2. The van der Waals surface area contributed by atoms with Gasteiger partial charge >= 0.3 is 0 Å². The molecule has 2 fully saturated rings. The molecular formula is C20H28N6O. The largest absolute Gasteiger partial charge is 0.369 e. The smallest absolute Gasteiger partial charge is 0.220 e. The number of nitrogens with two attached hydrogens (primary N) is 1. The molecule has 7 heteroatoms. The van der Waals surface area contributed by atoms with Crippen LogP contribution in [0.4, 0.5) is 0 Å². The van der Waals surface area contributed by atoms with Crippen LogP contribution in [0.15, 0.2) is 30.3 Å². The van der Waals surface area contributed by atoms with E-state index >= 15 is 0 Å². The van der Waals surface area contributed by atoms with Gasteiger partial charge in [-0.15, -0.1) is 5.10 Å². The second-order valence-corrected chi connectivity index (χ2v) is 7.80. The van der Waals surface area contributed by atoms with Gasteiger partial charge in [0.25, 0.3) is 0 Å². The van der Waals surface area contributed by atoms with E-state index in [4.69, 9.17) is 5.73 Å². The van der Waals surface area contributed by atoms with Crippen molar-refractivity contribution in [1.29, 1.82) is 0 Å². The maximum atomic E-state index is 11.6. The van der Waals surface area contributed by atoms with Gasteiger partial charge in [0.1, 0.15) is 0 Å². The SMILES string of the molecule is NC(=O)C1CCN([C@H](c2ccccc2)c2nnnn2C2CCCCC2)CC1. The second-order valence-electron chi connectivity index (χ2n) is 7.80. The molecule has 0 spiro atoms. The molecule has 0 radical (unpaired) electrons. The van der Waals surface area contributed by atoms with Gasteiger partial charge in [-0.05, 0) is 54.8 Å². The lowest BCUT2D eigenvalue weighted by atomic mass is 9.92. The summed E-state index contributed by atoms with van der Waals surface area (Å²) in [7, 11) is 0. The topological polar surface area (TPSA) is 89.9 Å². The molecule has 1 atom stereocenters. The van der Waals surface area contributed by atoms with Crippen LogP contribution in [0.2, 0.25) is 0 Å². The molecule has 1 aromatic heterocycles. The second kappa shape index (κ2) is 8.17. The van der Waals surface area contributed by atoms with Crippen LogP contribution >= 0.6 is 0 Å². The molecule has 2 aliphatic rings. The molecule has 0 bridgehead atoms. The number of likely N-dealkylation sites (tertiary alicyclic amines) is 1. The molecule has 144 valence electrons. The minimum atomic E-state index is -0.182. The Morgan fingerprint density at radius 1 is 1.04 bits per heavy atom. The standard InChI is InChI=1S/C20H28N6O/c21-19(27)16-11-13-25(14-12-16)18(15-7-3-1-4-8-15)20-22-23-24-26(20)17-9-5-2-6-10-17/h1,3-4,7-8,16-18H,2,5-6,9-14H2,(H2,21,27)/t18-/m1/s1. The normalized spacial score (nSPS) is 21.2. The lowest BCUT2D eigenvalue weighted by Crippen LogP contribution is -2.41. The highest BCUT2D eigenvalue weighted by Gasteiger charge is 2.33. The number of benzene rings is 1. The Hall–Kier alpha value is -2.28. The maximum absolute atomic E-state index is 11.6. The fraction of sp³-hybridized carbons (Fsp3) is 0.600. The van der Waals surface area contributed by atoms with Crippen LogP contribution in [-0.2, 0) is 4.79 Å². The van der Waals surface area contributed by atoms with Crippen molar-refractivity contribution in [3.63, 3.8) is 0 Å². The average Bonchev–Trinajstić information content (AvgIpc) is 3.19. The summed E-state index contributed by atoms with van der Waals surface area (Å²) in [5.41, 5.74) is 6.72. The number of piperidine rings is 1. The fourth-order valence-corrected chi connectivity index (χ4v) is 4.57. The molecule has 1 aliphatic heterocycles. The molecule has 1 saturated heterocycles. The van der Waals surface area contributed by atoms with E-state index < -0.39 is 0 Å². The Balaban J connectivity index is 1.64. The van der Waals surface area contributed by atoms with Gasteiger partial charge in [0.15, 0.2) is 5.82 Å². The van der Waals surface area contributed by atoms with Gasteiger partial charge in [-0.1, -0.05) is 49.6 Å². The third kappa shape index (κ3) is 3.88. The molecule has 2 aromatic rings. The Labute approximate surface area is 159 Å². The van der Waals surface area contributed by atoms with Crippen LogP contribution in [0.1, 0.15) is 68.4 Å². The van der Waals surface area contributed by atoms with E-state index in [0.717, 1.165) is 44.6 Å². The van der Waals surface area contributed by atoms with E-state index in [-0.39, 0.29) is 17.9 Å². The van der Waals surface area contributed by atoms with E-state index in [1.807, 2.05) is 6.07 Å². The minimum Gasteiger partial charge on any atom is -0.369 e. The van der Waals surface area contributed by atoms with Gasteiger partial charge < -0.3 is 5.73 Å². The van der Waals surface area contributed by atoms with Crippen molar-refractivity contribution in [1.82, 2.24) is 25.1 Å². The molecule has 27 heavy (non-hydrogen) atoms. The Morgan fingerprint density at radius 2 is 1.74 bits per heavy atom. The van der Waals surface area contributed by atoms with Crippen molar-refractivity contribution < 1.29 is 4.79 Å². The van der Waals surface area contributed by atoms with Crippen molar-refractivity contribution in [2.24, 2.45) is 11.7 Å². The summed E-state index contributed by atoms with van der Waals surface area (Å²) >= 11 is 0. The van der Waals surface area contributed by atoms with E-state index in [2.05, 4.69) is 49.4 Å².